The minimum absolute atomic E-state index is 0.0852. The first kappa shape index (κ1) is 17.7. The number of carbonyl (C=O) groups is 2. The molecule has 0 aromatic rings. The number of hydrogen-bond acceptors (Lipinski definition) is 4. The fourth-order valence-electron chi connectivity index (χ4n) is 3.04. The zero-order chi connectivity index (χ0) is 16.7. The lowest BCUT2D eigenvalue weighted by atomic mass is 10.2. The highest BCUT2D eigenvalue weighted by Gasteiger charge is 2.24. The van der Waals surface area contributed by atoms with Crippen molar-refractivity contribution in [3.63, 3.8) is 0 Å². The minimum atomic E-state index is -0.511. The number of morpholine rings is 1. The average Bonchev–Trinajstić information content (AvgIpc) is 2.99. The molecule has 0 bridgehead atoms. The van der Waals surface area contributed by atoms with Crippen molar-refractivity contribution in [3.05, 3.63) is 11.6 Å². The van der Waals surface area contributed by atoms with Gasteiger partial charge >= 0.3 is 6.03 Å². The van der Waals surface area contributed by atoms with Crippen molar-refractivity contribution >= 4 is 11.9 Å². The molecule has 1 heterocycles. The van der Waals surface area contributed by atoms with Gasteiger partial charge in [0.1, 0.15) is 6.54 Å². The molecule has 1 saturated heterocycles. The maximum Gasteiger partial charge on any atom is 0.317 e. The summed E-state index contributed by atoms with van der Waals surface area (Å²) in [5.41, 5.74) is 6.68. The highest BCUT2D eigenvalue weighted by molar-refractivity contribution is 5.82. The number of amides is 3. The number of likely N-dealkylation sites (N-methyl/N-ethyl adjacent to an activating group) is 1. The molecule has 0 radical (unpaired) electrons. The van der Waals surface area contributed by atoms with Crippen molar-refractivity contribution in [3.8, 4) is 0 Å². The first-order valence-electron chi connectivity index (χ1n) is 8.33. The van der Waals surface area contributed by atoms with E-state index < -0.39 is 5.91 Å². The van der Waals surface area contributed by atoms with Gasteiger partial charge in [0.15, 0.2) is 0 Å². The minimum Gasteiger partial charge on any atom is -0.374 e. The van der Waals surface area contributed by atoms with Crippen LogP contribution in [0.2, 0.25) is 0 Å². The Morgan fingerprint density at radius 1 is 1.52 bits per heavy atom. The zero-order valence-corrected chi connectivity index (χ0v) is 13.9. The van der Waals surface area contributed by atoms with Crippen LogP contribution >= 0.6 is 0 Å². The Bertz CT molecular complexity index is 453. The first-order chi connectivity index (χ1) is 11.0. The van der Waals surface area contributed by atoms with Crippen LogP contribution in [0, 0.1) is 0 Å². The van der Waals surface area contributed by atoms with Crippen LogP contribution in [0.1, 0.15) is 25.7 Å². The van der Waals surface area contributed by atoms with E-state index in [4.69, 9.17) is 10.5 Å². The average molecular weight is 324 g/mol. The summed E-state index contributed by atoms with van der Waals surface area (Å²) in [5, 5.41) is 2.89. The monoisotopic (exact) mass is 324 g/mol. The van der Waals surface area contributed by atoms with E-state index in [-0.39, 0.29) is 18.7 Å². The van der Waals surface area contributed by atoms with Crippen molar-refractivity contribution in [2.75, 3.05) is 46.4 Å². The molecule has 1 fully saturated rings. The third-order valence-electron chi connectivity index (χ3n) is 4.26. The van der Waals surface area contributed by atoms with Gasteiger partial charge in [0.2, 0.25) is 5.91 Å². The number of primary amides is 1. The summed E-state index contributed by atoms with van der Waals surface area (Å²) >= 11 is 0. The zero-order valence-electron chi connectivity index (χ0n) is 13.9. The number of nitrogens with zero attached hydrogens (tertiary/aromatic N) is 2. The van der Waals surface area contributed by atoms with Crippen LogP contribution < -0.4 is 11.1 Å². The number of urea groups is 1. The van der Waals surface area contributed by atoms with Crippen molar-refractivity contribution in [2.45, 2.75) is 31.8 Å². The summed E-state index contributed by atoms with van der Waals surface area (Å²) in [4.78, 5) is 27.2. The lowest BCUT2D eigenvalue weighted by Crippen LogP contribution is -2.52. The lowest BCUT2D eigenvalue weighted by Gasteiger charge is -2.33. The molecular formula is C16H28N4O3. The molecule has 0 aromatic carbocycles. The second kappa shape index (κ2) is 8.88. The van der Waals surface area contributed by atoms with Gasteiger partial charge in [-0.2, -0.15) is 0 Å². The highest BCUT2D eigenvalue weighted by atomic mass is 16.5. The molecular weight excluding hydrogens is 296 g/mol. The Morgan fingerprint density at radius 3 is 3.00 bits per heavy atom. The van der Waals surface area contributed by atoms with E-state index >= 15 is 0 Å². The summed E-state index contributed by atoms with van der Waals surface area (Å²) in [5.74, 6) is -0.511. The number of nitrogens with two attached hydrogens (primary N) is 1. The van der Waals surface area contributed by atoms with Gasteiger partial charge < -0.3 is 25.6 Å². The molecule has 3 N–H and O–H groups in total. The molecule has 2 aliphatic rings. The Morgan fingerprint density at radius 2 is 2.35 bits per heavy atom. The number of hydrogen-bond donors (Lipinski definition) is 2. The molecule has 7 nitrogen and oxygen atoms in total. The van der Waals surface area contributed by atoms with E-state index in [1.165, 1.54) is 16.9 Å². The van der Waals surface area contributed by atoms with Gasteiger partial charge in [-0.3, -0.25) is 4.79 Å². The summed E-state index contributed by atoms with van der Waals surface area (Å²) in [6.45, 7) is 3.15. The van der Waals surface area contributed by atoms with Gasteiger partial charge in [0, 0.05) is 19.6 Å². The molecule has 7 heteroatoms. The predicted octanol–water partition coefficient (Wildman–Crippen LogP) is 0.314. The summed E-state index contributed by atoms with van der Waals surface area (Å²) in [6, 6.07) is -0.251. The third-order valence-corrected chi connectivity index (χ3v) is 4.26. The quantitative estimate of drug-likeness (QED) is 0.660. The molecule has 0 saturated carbocycles. The van der Waals surface area contributed by atoms with Crippen LogP contribution in [0.3, 0.4) is 0 Å². The molecule has 0 spiro atoms. The Labute approximate surface area is 137 Å². The highest BCUT2D eigenvalue weighted by Crippen LogP contribution is 2.19. The lowest BCUT2D eigenvalue weighted by molar-refractivity contribution is -0.119. The van der Waals surface area contributed by atoms with Crippen LogP contribution in [-0.4, -0.2) is 74.2 Å². The van der Waals surface area contributed by atoms with Crippen molar-refractivity contribution < 1.29 is 14.3 Å². The molecule has 1 atom stereocenters. The summed E-state index contributed by atoms with van der Waals surface area (Å²) < 4.78 is 5.67. The molecule has 23 heavy (non-hydrogen) atoms. The van der Waals surface area contributed by atoms with Gasteiger partial charge in [-0.1, -0.05) is 11.6 Å². The molecule has 0 unspecified atom stereocenters. The molecule has 130 valence electrons. The smallest absolute Gasteiger partial charge is 0.317 e. The third kappa shape index (κ3) is 6.19. The molecule has 2 rings (SSSR count). The number of ether oxygens (including phenoxy) is 1. The van der Waals surface area contributed by atoms with E-state index in [1.807, 2.05) is 7.05 Å². The normalized spacial score (nSPS) is 21.8. The van der Waals surface area contributed by atoms with Gasteiger partial charge in [-0.05, 0) is 32.7 Å². The Kier molecular flexibility index (Phi) is 6.85. The largest absolute Gasteiger partial charge is 0.374 e. The van der Waals surface area contributed by atoms with Crippen molar-refractivity contribution in [1.82, 2.24) is 15.1 Å². The summed E-state index contributed by atoms with van der Waals surface area (Å²) in [7, 11) is 2.02. The molecule has 1 aliphatic heterocycles. The van der Waals surface area contributed by atoms with Crippen molar-refractivity contribution in [1.29, 1.82) is 0 Å². The molecule has 1 aliphatic carbocycles. The van der Waals surface area contributed by atoms with Gasteiger partial charge in [0.25, 0.3) is 0 Å². The van der Waals surface area contributed by atoms with E-state index in [1.54, 1.807) is 0 Å². The second-order valence-corrected chi connectivity index (χ2v) is 6.34. The van der Waals surface area contributed by atoms with Crippen LogP contribution in [-0.2, 0) is 9.53 Å². The van der Waals surface area contributed by atoms with Crippen LogP contribution in [0.5, 0.6) is 0 Å². The van der Waals surface area contributed by atoms with Crippen LogP contribution in [0.4, 0.5) is 4.79 Å². The van der Waals surface area contributed by atoms with Gasteiger partial charge in [-0.25, -0.2) is 4.79 Å². The Hall–Kier alpha value is -1.60. The van der Waals surface area contributed by atoms with Gasteiger partial charge in [0.05, 0.1) is 19.3 Å². The SMILES string of the molecule is CN1CCO[C@@H](CN(CC(N)=O)C(=O)NCCC2=CCCC2)C1. The maximum absolute atomic E-state index is 12.3. The van der Waals surface area contributed by atoms with Gasteiger partial charge in [-0.15, -0.1) is 0 Å². The predicted molar refractivity (Wildman–Crippen MR) is 88.0 cm³/mol. The van der Waals surface area contributed by atoms with E-state index in [0.29, 0.717) is 19.7 Å². The van der Waals surface area contributed by atoms with E-state index in [9.17, 15) is 9.59 Å². The maximum atomic E-state index is 12.3. The van der Waals surface area contributed by atoms with E-state index in [0.717, 1.165) is 32.4 Å². The second-order valence-electron chi connectivity index (χ2n) is 6.34. The van der Waals surface area contributed by atoms with Crippen LogP contribution in [0.25, 0.3) is 0 Å². The first-order valence-corrected chi connectivity index (χ1v) is 8.33. The molecule has 0 aromatic heterocycles. The van der Waals surface area contributed by atoms with E-state index in [2.05, 4.69) is 16.3 Å². The fourth-order valence-corrected chi connectivity index (χ4v) is 3.04. The summed E-state index contributed by atoms with van der Waals surface area (Å²) in [6.07, 6.45) is 6.52. The Balaban J connectivity index is 1.80. The molecule has 3 amide bonds. The fraction of sp³-hybridized carbons (Fsp3) is 0.750. The topological polar surface area (TPSA) is 87.9 Å². The number of rotatable bonds is 7. The number of nitrogens with one attached hydrogen (secondary N) is 1. The standard InChI is InChI=1S/C16H28N4O3/c1-19-8-9-23-14(10-19)11-20(12-15(17)21)16(22)18-7-6-13-4-2-3-5-13/h4,14H,2-3,5-12H2,1H3,(H2,17,21)(H,18,22)/t14-/m1/s1. The van der Waals surface area contributed by atoms with Crippen molar-refractivity contribution in [2.24, 2.45) is 5.73 Å². The van der Waals surface area contributed by atoms with Crippen LogP contribution in [0.15, 0.2) is 11.6 Å². The number of allylic oxidation sites excluding steroid dienone is 1. The number of carbonyl (C=O) groups excluding carboxylic acids is 2.